The van der Waals surface area contributed by atoms with Crippen LogP contribution in [0.4, 0.5) is 0 Å². The third kappa shape index (κ3) is 6.23. The third-order valence-corrected chi connectivity index (χ3v) is 2.22. The van der Waals surface area contributed by atoms with Crippen LogP contribution in [0, 0.1) is 0 Å². The number of hydrogen-bond acceptors (Lipinski definition) is 4. The molecular formula is C10H12N2O4S. The molecule has 17 heavy (non-hydrogen) atoms. The highest BCUT2D eigenvalue weighted by molar-refractivity contribution is 8.04. The molecule has 0 aromatic heterocycles. The minimum absolute atomic E-state index is 0.0833. The molecule has 0 heterocycles. The number of carbonyl (C=O) groups excluding carboxylic acids is 2. The standard InChI is InChI=1S/C7H7NO3S.C3H5NO/c8-12(10,11)7(9)6-4-2-1-3-5-6;1-2-3(4)5/h1-5H,(H2,8,10,11);2H,1H2,(H2,4,5). The lowest BCUT2D eigenvalue weighted by Crippen LogP contribution is -2.23. The van der Waals surface area contributed by atoms with E-state index in [2.05, 4.69) is 17.5 Å². The summed E-state index contributed by atoms with van der Waals surface area (Å²) in [7, 11) is -4.09. The van der Waals surface area contributed by atoms with E-state index >= 15 is 0 Å². The Morgan fingerprint density at radius 3 is 1.88 bits per heavy atom. The van der Waals surface area contributed by atoms with E-state index in [9.17, 15) is 18.0 Å². The molecule has 0 saturated heterocycles. The summed E-state index contributed by atoms with van der Waals surface area (Å²) in [5.74, 6) is -0.481. The number of benzene rings is 1. The minimum atomic E-state index is -4.09. The maximum Gasteiger partial charge on any atom is 0.291 e. The van der Waals surface area contributed by atoms with Gasteiger partial charge in [0, 0.05) is 5.56 Å². The van der Waals surface area contributed by atoms with Crippen molar-refractivity contribution in [3.8, 4) is 0 Å². The number of hydrogen-bond donors (Lipinski definition) is 2. The number of amides is 1. The van der Waals surface area contributed by atoms with Crippen LogP contribution in [-0.4, -0.2) is 19.4 Å². The lowest BCUT2D eigenvalue weighted by molar-refractivity contribution is -0.113. The van der Waals surface area contributed by atoms with Crippen molar-refractivity contribution in [2.45, 2.75) is 0 Å². The highest BCUT2D eigenvalue weighted by Crippen LogP contribution is 2.02. The van der Waals surface area contributed by atoms with E-state index in [0.29, 0.717) is 0 Å². The summed E-state index contributed by atoms with van der Waals surface area (Å²) in [5, 5.41) is 3.58. The van der Waals surface area contributed by atoms with Crippen LogP contribution in [0.3, 0.4) is 0 Å². The fourth-order valence-electron chi connectivity index (χ4n) is 0.739. The van der Waals surface area contributed by atoms with Crippen molar-refractivity contribution in [3.05, 3.63) is 48.6 Å². The number of primary amides is 1. The van der Waals surface area contributed by atoms with Crippen molar-refractivity contribution in [2.75, 3.05) is 0 Å². The Balaban J connectivity index is 0.000000437. The van der Waals surface area contributed by atoms with Gasteiger partial charge in [0.25, 0.3) is 15.1 Å². The largest absolute Gasteiger partial charge is 0.366 e. The van der Waals surface area contributed by atoms with Gasteiger partial charge in [-0.1, -0.05) is 36.9 Å². The van der Waals surface area contributed by atoms with E-state index in [1.54, 1.807) is 18.2 Å². The average Bonchev–Trinajstić information content (AvgIpc) is 2.29. The number of carbonyl (C=O) groups is 2. The summed E-state index contributed by atoms with van der Waals surface area (Å²) in [4.78, 5) is 20.4. The first-order valence-corrected chi connectivity index (χ1v) is 5.87. The summed E-state index contributed by atoms with van der Waals surface area (Å²) in [5.41, 5.74) is 4.62. The zero-order valence-electron chi connectivity index (χ0n) is 8.87. The van der Waals surface area contributed by atoms with Gasteiger partial charge >= 0.3 is 0 Å². The summed E-state index contributed by atoms with van der Waals surface area (Å²) in [6.45, 7) is 3.09. The molecule has 0 aliphatic carbocycles. The fourth-order valence-corrected chi connectivity index (χ4v) is 1.20. The van der Waals surface area contributed by atoms with Gasteiger partial charge in [-0.05, 0) is 6.08 Å². The molecule has 92 valence electrons. The Bertz CT molecular complexity index is 508. The molecular weight excluding hydrogens is 244 g/mol. The van der Waals surface area contributed by atoms with E-state index < -0.39 is 21.0 Å². The first-order valence-electron chi connectivity index (χ1n) is 4.33. The fraction of sp³-hybridized carbons (Fsp3) is 0. The Kier molecular flexibility index (Phi) is 5.79. The molecule has 1 aromatic carbocycles. The quantitative estimate of drug-likeness (QED) is 0.710. The highest BCUT2D eigenvalue weighted by atomic mass is 32.2. The first kappa shape index (κ1) is 15.0. The maximum absolute atomic E-state index is 11.0. The monoisotopic (exact) mass is 256 g/mol. The van der Waals surface area contributed by atoms with Crippen LogP contribution in [0.25, 0.3) is 0 Å². The molecule has 4 N–H and O–H groups in total. The van der Waals surface area contributed by atoms with Crippen LogP contribution in [0.5, 0.6) is 0 Å². The van der Waals surface area contributed by atoms with Crippen LogP contribution in [0.2, 0.25) is 0 Å². The van der Waals surface area contributed by atoms with Gasteiger partial charge in [-0.15, -0.1) is 0 Å². The van der Waals surface area contributed by atoms with Gasteiger partial charge in [0.15, 0.2) is 0 Å². The molecule has 0 fully saturated rings. The molecule has 0 bridgehead atoms. The molecule has 1 rings (SSSR count). The molecule has 6 nitrogen and oxygen atoms in total. The molecule has 0 aliphatic rings. The summed E-state index contributed by atoms with van der Waals surface area (Å²) >= 11 is 0. The zero-order valence-corrected chi connectivity index (χ0v) is 9.68. The molecule has 0 atom stereocenters. The van der Waals surface area contributed by atoms with Crippen molar-refractivity contribution in [2.24, 2.45) is 10.9 Å². The van der Waals surface area contributed by atoms with Crippen LogP contribution in [-0.2, 0) is 14.8 Å². The van der Waals surface area contributed by atoms with Crippen molar-refractivity contribution in [1.82, 2.24) is 0 Å². The summed E-state index contributed by atoms with van der Waals surface area (Å²) in [6.07, 6.45) is 1.06. The minimum Gasteiger partial charge on any atom is -0.366 e. The van der Waals surface area contributed by atoms with E-state index in [0.717, 1.165) is 6.08 Å². The number of sulfonamides is 1. The number of rotatable bonds is 2. The van der Waals surface area contributed by atoms with Crippen LogP contribution >= 0.6 is 0 Å². The zero-order chi connectivity index (χ0) is 13.5. The second kappa shape index (κ2) is 6.56. The predicted molar refractivity (Wildman–Crippen MR) is 63.3 cm³/mol. The Morgan fingerprint density at radius 1 is 1.18 bits per heavy atom. The topological polar surface area (TPSA) is 120 Å². The highest BCUT2D eigenvalue weighted by Gasteiger charge is 2.17. The van der Waals surface area contributed by atoms with Gasteiger partial charge < -0.3 is 5.73 Å². The normalized spacial score (nSPS) is 9.71. The van der Waals surface area contributed by atoms with Gasteiger partial charge in [-0.25, -0.2) is 13.6 Å². The van der Waals surface area contributed by atoms with E-state index in [1.807, 2.05) is 0 Å². The van der Waals surface area contributed by atoms with Crippen LogP contribution < -0.4 is 10.9 Å². The van der Waals surface area contributed by atoms with E-state index in [4.69, 9.17) is 0 Å². The molecule has 0 saturated carbocycles. The molecule has 0 aliphatic heterocycles. The molecule has 1 amide bonds. The van der Waals surface area contributed by atoms with E-state index in [1.165, 1.54) is 12.1 Å². The lowest BCUT2D eigenvalue weighted by Gasteiger charge is -1.95. The second-order valence-corrected chi connectivity index (χ2v) is 4.27. The van der Waals surface area contributed by atoms with E-state index in [-0.39, 0.29) is 5.56 Å². The van der Waals surface area contributed by atoms with Gasteiger partial charge in [0.1, 0.15) is 0 Å². The predicted octanol–water partition coefficient (Wildman–Crippen LogP) is -0.227. The first-order chi connectivity index (χ1) is 7.79. The number of primary sulfonamides is 1. The lowest BCUT2D eigenvalue weighted by atomic mass is 10.2. The Hall–Kier alpha value is -1.99. The summed E-state index contributed by atoms with van der Waals surface area (Å²) < 4.78 is 21.1. The molecule has 0 spiro atoms. The molecule has 0 unspecified atom stereocenters. The Labute approximate surface area is 99.0 Å². The van der Waals surface area contributed by atoms with Gasteiger partial charge in [0.05, 0.1) is 0 Å². The Morgan fingerprint density at radius 2 is 1.59 bits per heavy atom. The van der Waals surface area contributed by atoms with Gasteiger partial charge in [-0.2, -0.15) is 0 Å². The van der Waals surface area contributed by atoms with Crippen molar-refractivity contribution < 1.29 is 18.0 Å². The van der Waals surface area contributed by atoms with Crippen LogP contribution in [0.15, 0.2) is 43.0 Å². The van der Waals surface area contributed by atoms with Crippen molar-refractivity contribution in [3.63, 3.8) is 0 Å². The maximum atomic E-state index is 11.0. The summed E-state index contributed by atoms with van der Waals surface area (Å²) in [6, 6.07) is 7.61. The van der Waals surface area contributed by atoms with Crippen molar-refractivity contribution >= 4 is 21.0 Å². The average molecular weight is 256 g/mol. The molecule has 1 aromatic rings. The molecule has 7 heteroatoms. The van der Waals surface area contributed by atoms with Gasteiger partial charge in [0.2, 0.25) is 5.91 Å². The SMILES string of the molecule is C=CC(N)=O.NS(=O)(=O)C(=O)c1ccccc1. The molecule has 0 radical (unpaired) electrons. The second-order valence-electron chi connectivity index (χ2n) is 2.80. The number of nitrogens with two attached hydrogens (primary N) is 2. The van der Waals surface area contributed by atoms with Gasteiger partial charge in [-0.3, -0.25) is 9.59 Å². The van der Waals surface area contributed by atoms with Crippen molar-refractivity contribution in [1.29, 1.82) is 0 Å². The van der Waals surface area contributed by atoms with Crippen LogP contribution in [0.1, 0.15) is 10.4 Å². The smallest absolute Gasteiger partial charge is 0.291 e. The third-order valence-electron chi connectivity index (χ3n) is 1.47.